The summed E-state index contributed by atoms with van der Waals surface area (Å²) in [6, 6.07) is 0.123. The van der Waals surface area contributed by atoms with Crippen LogP contribution in [0.5, 0.6) is 0 Å². The molecule has 0 amide bonds. The molecule has 1 heterocycles. The van der Waals surface area contributed by atoms with Crippen LogP contribution in [0.15, 0.2) is 6.20 Å². The van der Waals surface area contributed by atoms with Gasteiger partial charge in [-0.2, -0.15) is 4.98 Å². The lowest BCUT2D eigenvalue weighted by atomic mass is 10.2. The summed E-state index contributed by atoms with van der Waals surface area (Å²) in [5, 5.41) is 16.9. The lowest BCUT2D eigenvalue weighted by molar-refractivity contribution is -0.384. The molecule has 0 fully saturated rings. The highest BCUT2D eigenvalue weighted by molar-refractivity contribution is 5.57. The Labute approximate surface area is 106 Å². The quantitative estimate of drug-likeness (QED) is 0.572. The molecule has 18 heavy (non-hydrogen) atoms. The molecule has 2 N–H and O–H groups in total. The van der Waals surface area contributed by atoms with E-state index >= 15 is 0 Å². The third-order valence-corrected chi connectivity index (χ3v) is 2.49. The number of hydrogen-bond acceptors (Lipinski definition) is 6. The van der Waals surface area contributed by atoms with E-state index in [2.05, 4.69) is 20.6 Å². The summed E-state index contributed by atoms with van der Waals surface area (Å²) in [6.07, 6.45) is 3.03. The third kappa shape index (κ3) is 3.83. The Kier molecular flexibility index (Phi) is 5.29. The maximum atomic E-state index is 10.9. The lowest BCUT2D eigenvalue weighted by Gasteiger charge is -2.12. The van der Waals surface area contributed by atoms with Gasteiger partial charge in [0.25, 0.3) is 0 Å². The van der Waals surface area contributed by atoms with E-state index in [4.69, 9.17) is 0 Å². The van der Waals surface area contributed by atoms with Gasteiger partial charge in [-0.05, 0) is 19.8 Å². The second-order valence-electron chi connectivity index (χ2n) is 4.06. The van der Waals surface area contributed by atoms with Gasteiger partial charge in [-0.3, -0.25) is 10.1 Å². The first-order valence-electron chi connectivity index (χ1n) is 6.10. The number of anilines is 2. The molecule has 1 aromatic rings. The van der Waals surface area contributed by atoms with Gasteiger partial charge in [-0.25, -0.2) is 4.98 Å². The largest absolute Gasteiger partial charge is 0.362 e. The van der Waals surface area contributed by atoms with Gasteiger partial charge in [0.1, 0.15) is 6.20 Å². The van der Waals surface area contributed by atoms with Crippen LogP contribution in [0.4, 0.5) is 17.5 Å². The summed E-state index contributed by atoms with van der Waals surface area (Å²) in [6.45, 7) is 6.71. The minimum absolute atomic E-state index is 0.0997. The van der Waals surface area contributed by atoms with Crippen LogP contribution < -0.4 is 10.6 Å². The predicted molar refractivity (Wildman–Crippen MR) is 70.8 cm³/mol. The monoisotopic (exact) mass is 253 g/mol. The summed E-state index contributed by atoms with van der Waals surface area (Å²) in [4.78, 5) is 18.5. The molecule has 0 aromatic carbocycles. The van der Waals surface area contributed by atoms with Gasteiger partial charge in [-0.1, -0.05) is 13.8 Å². The van der Waals surface area contributed by atoms with Crippen LogP contribution in [-0.2, 0) is 0 Å². The minimum atomic E-state index is -0.478. The van der Waals surface area contributed by atoms with Crippen LogP contribution in [0.3, 0.4) is 0 Å². The molecule has 0 aliphatic heterocycles. The van der Waals surface area contributed by atoms with Crippen molar-refractivity contribution in [2.24, 2.45) is 0 Å². The fourth-order valence-electron chi connectivity index (χ4n) is 1.27. The van der Waals surface area contributed by atoms with E-state index in [1.807, 2.05) is 20.8 Å². The molecular formula is C11H19N5O2. The molecule has 1 rings (SSSR count). The number of aromatic nitrogens is 2. The van der Waals surface area contributed by atoms with Crippen LogP contribution >= 0.6 is 0 Å². The topological polar surface area (TPSA) is 93.0 Å². The van der Waals surface area contributed by atoms with Crippen molar-refractivity contribution < 1.29 is 4.92 Å². The molecule has 1 atom stereocenters. The second-order valence-corrected chi connectivity index (χ2v) is 4.06. The smallest absolute Gasteiger partial charge is 0.329 e. The maximum absolute atomic E-state index is 10.9. The fourth-order valence-corrected chi connectivity index (χ4v) is 1.27. The van der Waals surface area contributed by atoms with Crippen molar-refractivity contribution in [2.75, 3.05) is 17.2 Å². The van der Waals surface area contributed by atoms with Gasteiger partial charge in [-0.15, -0.1) is 0 Å². The Morgan fingerprint density at radius 3 is 2.78 bits per heavy atom. The van der Waals surface area contributed by atoms with Crippen LogP contribution in [-0.4, -0.2) is 27.5 Å². The third-order valence-electron chi connectivity index (χ3n) is 2.49. The zero-order valence-electron chi connectivity index (χ0n) is 10.9. The van der Waals surface area contributed by atoms with Crippen molar-refractivity contribution in [3.05, 3.63) is 16.3 Å². The standard InChI is InChI=1S/C11H19N5O2/c1-4-6-12-11-13-7-9(16(17)18)10(15-11)14-8(3)5-2/h7-8H,4-6H2,1-3H3,(H2,12,13,14,15). The second kappa shape index (κ2) is 6.73. The van der Waals surface area contributed by atoms with Crippen LogP contribution in [0, 0.1) is 10.1 Å². The molecule has 1 aromatic heterocycles. The van der Waals surface area contributed by atoms with E-state index in [1.165, 1.54) is 6.20 Å². The Hall–Kier alpha value is -1.92. The molecule has 0 radical (unpaired) electrons. The van der Waals surface area contributed by atoms with Crippen molar-refractivity contribution in [3.8, 4) is 0 Å². The van der Waals surface area contributed by atoms with Gasteiger partial charge in [0.05, 0.1) is 4.92 Å². The van der Waals surface area contributed by atoms with Crippen molar-refractivity contribution in [3.63, 3.8) is 0 Å². The fraction of sp³-hybridized carbons (Fsp3) is 0.636. The van der Waals surface area contributed by atoms with Gasteiger partial charge in [0.15, 0.2) is 0 Å². The average Bonchev–Trinajstić information content (AvgIpc) is 2.36. The van der Waals surface area contributed by atoms with Gasteiger partial charge < -0.3 is 10.6 Å². The number of rotatable bonds is 7. The highest BCUT2D eigenvalue weighted by Gasteiger charge is 2.18. The van der Waals surface area contributed by atoms with Crippen LogP contribution in [0.2, 0.25) is 0 Å². The molecule has 100 valence electrons. The van der Waals surface area contributed by atoms with Crippen LogP contribution in [0.25, 0.3) is 0 Å². The van der Waals surface area contributed by atoms with Crippen molar-refractivity contribution in [2.45, 2.75) is 39.7 Å². The molecule has 7 heteroatoms. The molecule has 0 saturated heterocycles. The summed E-state index contributed by atoms with van der Waals surface area (Å²) in [5.41, 5.74) is -0.0997. The molecular weight excluding hydrogens is 234 g/mol. The first kappa shape index (κ1) is 14.1. The molecule has 0 bridgehead atoms. The van der Waals surface area contributed by atoms with E-state index in [9.17, 15) is 10.1 Å². The zero-order chi connectivity index (χ0) is 13.5. The number of hydrogen-bond donors (Lipinski definition) is 2. The number of nitro groups is 1. The summed E-state index contributed by atoms with van der Waals surface area (Å²) in [5.74, 6) is 0.677. The number of nitrogens with one attached hydrogen (secondary N) is 2. The predicted octanol–water partition coefficient (Wildman–Crippen LogP) is 2.42. The Bertz CT molecular complexity index is 410. The van der Waals surface area contributed by atoms with Crippen LogP contribution in [0.1, 0.15) is 33.6 Å². The Morgan fingerprint density at radius 2 is 2.22 bits per heavy atom. The van der Waals surface area contributed by atoms with E-state index in [-0.39, 0.29) is 17.5 Å². The summed E-state index contributed by atoms with van der Waals surface area (Å²) >= 11 is 0. The SMILES string of the molecule is CCCNc1ncc([N+](=O)[O-])c(NC(C)CC)n1. The van der Waals surface area contributed by atoms with Crippen molar-refractivity contribution >= 4 is 17.5 Å². The van der Waals surface area contributed by atoms with Gasteiger partial charge >= 0.3 is 5.69 Å². The molecule has 1 unspecified atom stereocenters. The Balaban J connectivity index is 2.95. The summed E-state index contributed by atoms with van der Waals surface area (Å²) < 4.78 is 0. The summed E-state index contributed by atoms with van der Waals surface area (Å²) in [7, 11) is 0. The van der Waals surface area contributed by atoms with E-state index in [0.717, 1.165) is 19.4 Å². The van der Waals surface area contributed by atoms with Crippen molar-refractivity contribution in [1.82, 2.24) is 9.97 Å². The normalized spacial score (nSPS) is 11.9. The number of nitrogens with zero attached hydrogens (tertiary/aromatic N) is 3. The molecule has 0 saturated carbocycles. The average molecular weight is 253 g/mol. The first-order valence-corrected chi connectivity index (χ1v) is 6.10. The first-order chi connectivity index (χ1) is 8.58. The highest BCUT2D eigenvalue weighted by Crippen LogP contribution is 2.23. The Morgan fingerprint density at radius 1 is 1.50 bits per heavy atom. The zero-order valence-corrected chi connectivity index (χ0v) is 10.9. The molecule has 7 nitrogen and oxygen atoms in total. The van der Waals surface area contributed by atoms with E-state index in [0.29, 0.717) is 5.95 Å². The van der Waals surface area contributed by atoms with E-state index in [1.54, 1.807) is 0 Å². The highest BCUT2D eigenvalue weighted by atomic mass is 16.6. The minimum Gasteiger partial charge on any atom is -0.362 e. The van der Waals surface area contributed by atoms with Gasteiger partial charge in [0.2, 0.25) is 11.8 Å². The maximum Gasteiger partial charge on any atom is 0.329 e. The molecule has 0 aliphatic rings. The molecule has 0 spiro atoms. The van der Waals surface area contributed by atoms with E-state index < -0.39 is 4.92 Å². The molecule has 0 aliphatic carbocycles. The van der Waals surface area contributed by atoms with Gasteiger partial charge in [0, 0.05) is 12.6 Å². The van der Waals surface area contributed by atoms with Crippen molar-refractivity contribution in [1.29, 1.82) is 0 Å². The lowest BCUT2D eigenvalue weighted by Crippen LogP contribution is -2.17.